The van der Waals surface area contributed by atoms with Crippen molar-refractivity contribution in [3.63, 3.8) is 0 Å². The molecule has 20 heavy (non-hydrogen) atoms. The molecule has 5 nitrogen and oxygen atoms in total. The molecule has 0 aliphatic carbocycles. The fourth-order valence-electron chi connectivity index (χ4n) is 1.79. The van der Waals surface area contributed by atoms with Crippen molar-refractivity contribution in [2.24, 2.45) is 0 Å². The third-order valence-electron chi connectivity index (χ3n) is 2.71. The lowest BCUT2D eigenvalue weighted by Gasteiger charge is -2.09. The summed E-state index contributed by atoms with van der Waals surface area (Å²) in [4.78, 5) is 5.42. The molecule has 1 aliphatic heterocycles. The molecule has 0 aromatic carbocycles. The van der Waals surface area contributed by atoms with Crippen LogP contribution >= 0.6 is 50.2 Å². The zero-order chi connectivity index (χ0) is 14.3. The first-order valence-electron chi connectivity index (χ1n) is 5.62. The third-order valence-corrected chi connectivity index (χ3v) is 8.14. The highest BCUT2D eigenvalue weighted by atomic mass is 79.9. The van der Waals surface area contributed by atoms with Gasteiger partial charge in [-0.05, 0) is 22.0 Å². The lowest BCUT2D eigenvalue weighted by molar-refractivity contribution is 0.603. The number of hydrogen-bond donors (Lipinski definition) is 2. The normalized spacial score (nSPS) is 15.1. The molecule has 1 aliphatic rings. The van der Waals surface area contributed by atoms with E-state index in [4.69, 9.17) is 11.6 Å². The van der Waals surface area contributed by atoms with Crippen LogP contribution in [0, 0.1) is 0 Å². The summed E-state index contributed by atoms with van der Waals surface area (Å²) in [5, 5.41) is 4.02. The first-order valence-corrected chi connectivity index (χ1v) is 9.91. The number of hydrogen-bond acceptors (Lipinski definition) is 6. The van der Waals surface area contributed by atoms with Crippen LogP contribution in [0.4, 0.5) is 5.13 Å². The number of thiazole rings is 1. The summed E-state index contributed by atoms with van der Waals surface area (Å²) >= 11 is 11.5. The molecule has 0 radical (unpaired) electrons. The number of fused-ring (bicyclic) bond motifs is 1. The van der Waals surface area contributed by atoms with Crippen molar-refractivity contribution in [3.8, 4) is 0 Å². The number of nitrogens with one attached hydrogen (secondary N) is 2. The molecule has 0 spiro atoms. The second-order valence-electron chi connectivity index (χ2n) is 4.11. The van der Waals surface area contributed by atoms with Gasteiger partial charge in [0.2, 0.25) is 0 Å². The van der Waals surface area contributed by atoms with E-state index in [1.165, 1.54) is 17.4 Å². The Bertz CT molecular complexity index is 713. The van der Waals surface area contributed by atoms with Crippen LogP contribution in [-0.2, 0) is 23.0 Å². The van der Waals surface area contributed by atoms with Gasteiger partial charge in [-0.3, -0.25) is 4.72 Å². The molecule has 0 amide bonds. The van der Waals surface area contributed by atoms with E-state index in [1.54, 1.807) is 0 Å². The van der Waals surface area contributed by atoms with Gasteiger partial charge in [-0.1, -0.05) is 22.9 Å². The second kappa shape index (κ2) is 5.54. The number of sulfonamides is 1. The summed E-state index contributed by atoms with van der Waals surface area (Å²) in [5.41, 5.74) is 0.969. The van der Waals surface area contributed by atoms with Crippen LogP contribution in [0.1, 0.15) is 10.6 Å². The Morgan fingerprint density at radius 1 is 1.45 bits per heavy atom. The van der Waals surface area contributed by atoms with Gasteiger partial charge in [-0.2, -0.15) is 0 Å². The summed E-state index contributed by atoms with van der Waals surface area (Å²) in [5.74, 6) is 0. The number of nitrogens with zero attached hydrogens (tertiary/aromatic N) is 1. The van der Waals surface area contributed by atoms with Crippen molar-refractivity contribution in [1.29, 1.82) is 0 Å². The van der Waals surface area contributed by atoms with Crippen molar-refractivity contribution in [3.05, 3.63) is 25.4 Å². The van der Waals surface area contributed by atoms with Crippen LogP contribution in [0.25, 0.3) is 0 Å². The van der Waals surface area contributed by atoms with E-state index in [2.05, 4.69) is 31.0 Å². The molecule has 3 heterocycles. The summed E-state index contributed by atoms with van der Waals surface area (Å²) in [6, 6.07) is 1.42. The minimum absolute atomic E-state index is 0.167. The molecule has 10 heteroatoms. The van der Waals surface area contributed by atoms with Crippen LogP contribution in [0.2, 0.25) is 5.02 Å². The fraction of sp³-hybridized carbons (Fsp3) is 0.300. The smallest absolute Gasteiger partial charge is 0.273 e. The average Bonchev–Trinajstić information content (AvgIpc) is 2.93. The van der Waals surface area contributed by atoms with E-state index in [0.29, 0.717) is 13.9 Å². The molecule has 3 rings (SSSR count). The number of thiophene rings is 1. The van der Waals surface area contributed by atoms with E-state index in [0.717, 1.165) is 41.4 Å². The molecule has 0 fully saturated rings. The van der Waals surface area contributed by atoms with E-state index >= 15 is 0 Å². The second-order valence-corrected chi connectivity index (χ2v) is 9.88. The zero-order valence-corrected chi connectivity index (χ0v) is 14.7. The SMILES string of the molecule is O=S(=O)(Nc1nc2c(s1)CNCC2)c1cc(Cl)c(Br)s1. The standard InChI is InChI=1S/C10H9BrClN3O2S3/c11-9-5(12)3-8(19-9)20(16,17)15-10-14-6-1-2-13-4-7(6)18-10/h3,13H,1-2,4H2,(H,14,15). The Kier molecular flexibility index (Phi) is 4.08. The molecule has 108 valence electrons. The van der Waals surface area contributed by atoms with Gasteiger partial charge in [0.15, 0.2) is 5.13 Å². The molecule has 0 bridgehead atoms. The van der Waals surface area contributed by atoms with Gasteiger partial charge in [-0.15, -0.1) is 11.3 Å². The van der Waals surface area contributed by atoms with Crippen LogP contribution < -0.4 is 10.0 Å². The Balaban J connectivity index is 1.88. The summed E-state index contributed by atoms with van der Waals surface area (Å²) < 4.78 is 27.8. The number of aromatic nitrogens is 1. The molecule has 2 aromatic rings. The maximum atomic E-state index is 12.3. The van der Waals surface area contributed by atoms with Crippen LogP contribution in [-0.4, -0.2) is 19.9 Å². The van der Waals surface area contributed by atoms with Gasteiger partial charge in [-0.25, -0.2) is 13.4 Å². The molecular weight excluding hydrogens is 406 g/mol. The Morgan fingerprint density at radius 2 is 2.25 bits per heavy atom. The predicted octanol–water partition coefficient (Wildman–Crippen LogP) is 3.07. The topological polar surface area (TPSA) is 71.1 Å². The quantitative estimate of drug-likeness (QED) is 0.810. The molecule has 0 saturated heterocycles. The van der Waals surface area contributed by atoms with E-state index in [1.807, 2.05) is 0 Å². The monoisotopic (exact) mass is 413 g/mol. The van der Waals surface area contributed by atoms with Crippen molar-refractivity contribution in [2.45, 2.75) is 17.2 Å². The number of halogens is 2. The molecule has 0 atom stereocenters. The fourth-order valence-corrected chi connectivity index (χ4v) is 6.40. The maximum Gasteiger partial charge on any atom is 0.273 e. The van der Waals surface area contributed by atoms with E-state index < -0.39 is 10.0 Å². The minimum atomic E-state index is -3.63. The molecule has 0 saturated carbocycles. The Hall–Kier alpha value is -0.190. The number of anilines is 1. The van der Waals surface area contributed by atoms with Crippen LogP contribution in [0.15, 0.2) is 14.1 Å². The summed E-state index contributed by atoms with van der Waals surface area (Å²) in [6.45, 7) is 1.61. The van der Waals surface area contributed by atoms with Gasteiger partial charge >= 0.3 is 0 Å². The first-order chi connectivity index (χ1) is 9.45. The lowest BCUT2D eigenvalue weighted by atomic mass is 10.2. The van der Waals surface area contributed by atoms with Gasteiger partial charge in [0.1, 0.15) is 4.21 Å². The van der Waals surface area contributed by atoms with Gasteiger partial charge in [0.05, 0.1) is 14.5 Å². The van der Waals surface area contributed by atoms with Crippen LogP contribution in [0.3, 0.4) is 0 Å². The zero-order valence-electron chi connectivity index (χ0n) is 9.94. The van der Waals surface area contributed by atoms with Gasteiger partial charge in [0.25, 0.3) is 10.0 Å². The molecule has 0 unspecified atom stereocenters. The predicted molar refractivity (Wildman–Crippen MR) is 85.4 cm³/mol. The van der Waals surface area contributed by atoms with Crippen LogP contribution in [0.5, 0.6) is 0 Å². The summed E-state index contributed by atoms with van der Waals surface area (Å²) in [6.07, 6.45) is 0.823. The average molecular weight is 415 g/mol. The lowest BCUT2D eigenvalue weighted by Crippen LogP contribution is -2.22. The van der Waals surface area contributed by atoms with Gasteiger partial charge < -0.3 is 5.32 Å². The minimum Gasteiger partial charge on any atom is -0.311 e. The van der Waals surface area contributed by atoms with Crippen molar-refractivity contribution >= 4 is 65.4 Å². The Morgan fingerprint density at radius 3 is 2.90 bits per heavy atom. The highest BCUT2D eigenvalue weighted by Crippen LogP contribution is 2.36. The van der Waals surface area contributed by atoms with Crippen molar-refractivity contribution in [2.75, 3.05) is 11.3 Å². The molecular formula is C10H9BrClN3O2S3. The highest BCUT2D eigenvalue weighted by molar-refractivity contribution is 9.11. The van der Waals surface area contributed by atoms with Crippen molar-refractivity contribution < 1.29 is 8.42 Å². The molecule has 2 aromatic heterocycles. The van der Waals surface area contributed by atoms with E-state index in [-0.39, 0.29) is 4.21 Å². The maximum absolute atomic E-state index is 12.3. The van der Waals surface area contributed by atoms with Crippen molar-refractivity contribution in [1.82, 2.24) is 10.3 Å². The van der Waals surface area contributed by atoms with Gasteiger partial charge in [0, 0.05) is 24.4 Å². The number of rotatable bonds is 3. The third kappa shape index (κ3) is 2.88. The first kappa shape index (κ1) is 14.7. The highest BCUT2D eigenvalue weighted by Gasteiger charge is 2.22. The molecule has 2 N–H and O–H groups in total. The summed E-state index contributed by atoms with van der Waals surface area (Å²) in [7, 11) is -3.63. The van der Waals surface area contributed by atoms with E-state index in [9.17, 15) is 8.42 Å². The Labute approximate surface area is 137 Å². The largest absolute Gasteiger partial charge is 0.311 e.